The fourth-order valence-corrected chi connectivity index (χ4v) is 4.15. The Morgan fingerprint density at radius 3 is 2.33 bits per heavy atom. The topological polar surface area (TPSA) is 3.24 Å². The van der Waals surface area contributed by atoms with E-state index in [9.17, 15) is 0 Å². The third-order valence-electron chi connectivity index (χ3n) is 4.79. The number of rotatable bonds is 1. The van der Waals surface area contributed by atoms with E-state index in [1.807, 2.05) is 12.1 Å². The average Bonchev–Trinajstić information content (AvgIpc) is 2.96. The molecule has 21 heavy (non-hydrogen) atoms. The molecule has 2 aromatic carbocycles. The van der Waals surface area contributed by atoms with Crippen LogP contribution in [0.3, 0.4) is 0 Å². The first-order valence-corrected chi connectivity index (χ1v) is 7.79. The lowest BCUT2D eigenvalue weighted by atomic mass is 9.82. The van der Waals surface area contributed by atoms with Gasteiger partial charge in [-0.3, -0.25) is 4.90 Å². The smallest absolute Gasteiger partial charge is 0.0444 e. The van der Waals surface area contributed by atoms with Crippen LogP contribution < -0.4 is 0 Å². The van der Waals surface area contributed by atoms with Crippen molar-refractivity contribution >= 4 is 28.6 Å². The van der Waals surface area contributed by atoms with Crippen LogP contribution in [0.1, 0.15) is 41.5 Å². The zero-order valence-corrected chi connectivity index (χ0v) is 14.3. The minimum absolute atomic E-state index is 0. The normalized spacial score (nSPS) is 24.0. The minimum Gasteiger partial charge on any atom is -0.295 e. The number of hydrogen-bond acceptors (Lipinski definition) is 1. The molecule has 0 spiro atoms. The molecule has 0 radical (unpaired) electrons. The third kappa shape index (κ3) is 2.54. The van der Waals surface area contributed by atoms with Gasteiger partial charge < -0.3 is 0 Å². The molecule has 0 bridgehead atoms. The summed E-state index contributed by atoms with van der Waals surface area (Å²) in [5.41, 5.74) is 4.26. The fourth-order valence-electron chi connectivity index (χ4n) is 3.88. The fraction of sp³-hybridized carbons (Fsp3) is 0.333. The molecule has 1 saturated heterocycles. The summed E-state index contributed by atoms with van der Waals surface area (Å²) in [4.78, 5) is 2.64. The van der Waals surface area contributed by atoms with E-state index in [1.165, 1.54) is 36.1 Å². The van der Waals surface area contributed by atoms with Crippen LogP contribution in [0.15, 0.2) is 48.5 Å². The Labute approximate surface area is 141 Å². The van der Waals surface area contributed by atoms with E-state index >= 15 is 0 Å². The highest BCUT2D eigenvalue weighted by molar-refractivity contribution is 8.93. The van der Waals surface area contributed by atoms with Crippen LogP contribution in [-0.4, -0.2) is 18.0 Å². The lowest BCUT2D eigenvalue weighted by molar-refractivity contribution is 0.230. The summed E-state index contributed by atoms with van der Waals surface area (Å²) in [6, 6.07) is 17.9. The van der Waals surface area contributed by atoms with Gasteiger partial charge in [-0.2, -0.15) is 0 Å². The predicted octanol–water partition coefficient (Wildman–Crippen LogP) is 5.20. The summed E-state index contributed by atoms with van der Waals surface area (Å²) in [6.07, 6.45) is 2.61. The molecule has 0 aromatic heterocycles. The highest BCUT2D eigenvalue weighted by atomic mass is 79.9. The first-order valence-electron chi connectivity index (χ1n) is 7.42. The summed E-state index contributed by atoms with van der Waals surface area (Å²) in [7, 11) is 0. The van der Waals surface area contributed by atoms with E-state index in [2.05, 4.69) is 41.3 Å². The van der Waals surface area contributed by atoms with E-state index < -0.39 is 0 Å². The highest BCUT2D eigenvalue weighted by Crippen LogP contribution is 2.45. The first-order chi connectivity index (χ1) is 9.84. The van der Waals surface area contributed by atoms with Crippen LogP contribution >= 0.6 is 28.6 Å². The zero-order valence-electron chi connectivity index (χ0n) is 11.8. The monoisotopic (exact) mass is 363 g/mol. The number of halogens is 2. The molecule has 3 heteroatoms. The van der Waals surface area contributed by atoms with Gasteiger partial charge in [0.1, 0.15) is 0 Å². The van der Waals surface area contributed by atoms with Crippen LogP contribution in [0.2, 0.25) is 5.02 Å². The number of hydrogen-bond donors (Lipinski definition) is 0. The molecule has 0 unspecified atom stereocenters. The lowest BCUT2D eigenvalue weighted by Gasteiger charge is -2.37. The van der Waals surface area contributed by atoms with Crippen molar-refractivity contribution in [3.63, 3.8) is 0 Å². The summed E-state index contributed by atoms with van der Waals surface area (Å²) < 4.78 is 0. The molecule has 2 atom stereocenters. The maximum absolute atomic E-state index is 6.45. The molecule has 2 aliphatic heterocycles. The molecule has 1 nitrogen and oxygen atoms in total. The van der Waals surface area contributed by atoms with Crippen molar-refractivity contribution in [1.29, 1.82) is 0 Å². The van der Waals surface area contributed by atoms with Gasteiger partial charge >= 0.3 is 0 Å². The molecular formula is C18H19BrClN. The molecule has 2 heterocycles. The van der Waals surface area contributed by atoms with E-state index in [0.29, 0.717) is 12.0 Å². The van der Waals surface area contributed by atoms with Crippen LogP contribution in [-0.2, 0) is 0 Å². The van der Waals surface area contributed by atoms with Crippen LogP contribution in [0.4, 0.5) is 0 Å². The summed E-state index contributed by atoms with van der Waals surface area (Å²) in [6.45, 7) is 2.32. The quantitative estimate of drug-likeness (QED) is 0.672. The van der Waals surface area contributed by atoms with E-state index in [-0.39, 0.29) is 17.0 Å². The van der Waals surface area contributed by atoms with Gasteiger partial charge in [-0.05, 0) is 42.1 Å². The molecule has 2 aliphatic rings. The zero-order chi connectivity index (χ0) is 13.5. The summed E-state index contributed by atoms with van der Waals surface area (Å²) in [5, 5.41) is 0.893. The molecule has 1 fully saturated rings. The Balaban J connectivity index is 0.00000132. The van der Waals surface area contributed by atoms with Gasteiger partial charge in [-0.25, -0.2) is 0 Å². The molecule has 4 rings (SSSR count). The molecule has 0 amide bonds. The van der Waals surface area contributed by atoms with Gasteiger partial charge in [0.25, 0.3) is 0 Å². The Morgan fingerprint density at radius 2 is 1.57 bits per heavy atom. The second-order valence-corrected chi connectivity index (χ2v) is 6.26. The van der Waals surface area contributed by atoms with E-state index in [0.717, 1.165) is 11.6 Å². The Kier molecular flexibility index (Phi) is 4.39. The molecule has 0 aliphatic carbocycles. The summed E-state index contributed by atoms with van der Waals surface area (Å²) >= 11 is 6.45. The number of fused-ring (bicyclic) bond motifs is 3. The maximum Gasteiger partial charge on any atom is 0.0444 e. The maximum atomic E-state index is 6.45. The third-order valence-corrected chi connectivity index (χ3v) is 5.14. The van der Waals surface area contributed by atoms with Gasteiger partial charge in [0.15, 0.2) is 0 Å². The largest absolute Gasteiger partial charge is 0.295 e. The number of nitrogens with zero attached hydrogens (tertiary/aromatic N) is 1. The van der Waals surface area contributed by atoms with Gasteiger partial charge in [0.2, 0.25) is 0 Å². The molecule has 0 N–H and O–H groups in total. The predicted molar refractivity (Wildman–Crippen MR) is 93.6 cm³/mol. The Bertz CT molecular complexity index is 643. The Morgan fingerprint density at radius 1 is 0.905 bits per heavy atom. The van der Waals surface area contributed by atoms with Crippen LogP contribution in [0.5, 0.6) is 0 Å². The average molecular weight is 365 g/mol. The first kappa shape index (κ1) is 15.1. The van der Waals surface area contributed by atoms with Crippen molar-refractivity contribution in [3.05, 3.63) is 70.2 Å². The molecule has 110 valence electrons. The molecule has 2 aromatic rings. The lowest BCUT2D eigenvalue weighted by Crippen LogP contribution is -2.34. The summed E-state index contributed by atoms with van der Waals surface area (Å²) in [5.74, 6) is 0.411. The standard InChI is InChI=1S/C18H18ClN.BrH/c19-17-9-4-3-7-14(17)16-12-20-11-5-10-18(20)15-8-2-1-6-13(15)16;/h1-4,6-9,16,18H,5,10-12H2;1H/t16-,18+;/m1./s1. The van der Waals surface area contributed by atoms with Crippen molar-refractivity contribution in [2.24, 2.45) is 0 Å². The number of benzene rings is 2. The van der Waals surface area contributed by atoms with Crippen molar-refractivity contribution in [2.45, 2.75) is 24.8 Å². The van der Waals surface area contributed by atoms with Gasteiger partial charge in [0, 0.05) is 23.5 Å². The van der Waals surface area contributed by atoms with Gasteiger partial charge in [-0.1, -0.05) is 54.1 Å². The molecular weight excluding hydrogens is 346 g/mol. The van der Waals surface area contributed by atoms with Gasteiger partial charge in [0.05, 0.1) is 0 Å². The van der Waals surface area contributed by atoms with Crippen molar-refractivity contribution in [3.8, 4) is 0 Å². The van der Waals surface area contributed by atoms with Crippen LogP contribution in [0.25, 0.3) is 0 Å². The van der Waals surface area contributed by atoms with Gasteiger partial charge in [-0.15, -0.1) is 17.0 Å². The van der Waals surface area contributed by atoms with Crippen LogP contribution in [0, 0.1) is 0 Å². The second kappa shape index (κ2) is 6.12. The Hall–Kier alpha value is -0.830. The van der Waals surface area contributed by atoms with Crippen molar-refractivity contribution in [2.75, 3.05) is 13.1 Å². The van der Waals surface area contributed by atoms with Crippen molar-refractivity contribution in [1.82, 2.24) is 4.90 Å². The SMILES string of the molecule is Br.Clc1ccccc1[C@@H]1CN2CCC[C@H]2c2ccccc21. The van der Waals surface area contributed by atoms with Crippen molar-refractivity contribution < 1.29 is 0 Å². The molecule has 0 saturated carbocycles. The second-order valence-electron chi connectivity index (χ2n) is 5.86. The minimum atomic E-state index is 0. The highest BCUT2D eigenvalue weighted by Gasteiger charge is 2.36. The van der Waals surface area contributed by atoms with E-state index in [4.69, 9.17) is 11.6 Å². The van der Waals surface area contributed by atoms with E-state index in [1.54, 1.807) is 0 Å².